The first kappa shape index (κ1) is 15.2. The van der Waals surface area contributed by atoms with Crippen LogP contribution in [0.1, 0.15) is 10.5 Å². The van der Waals surface area contributed by atoms with Gasteiger partial charge in [0.1, 0.15) is 12.2 Å². The Morgan fingerprint density at radius 3 is 2.67 bits per heavy atom. The number of hydrogen-bond donors (Lipinski definition) is 0. The highest BCUT2D eigenvalue weighted by atomic mass is 79.9. The van der Waals surface area contributed by atoms with Crippen molar-refractivity contribution < 1.29 is 18.0 Å². The normalized spacial score (nSPS) is 11.4. The Balaban J connectivity index is 2.93. The van der Waals surface area contributed by atoms with E-state index in [1.165, 1.54) is 12.3 Å². The van der Waals surface area contributed by atoms with Gasteiger partial charge in [-0.25, -0.2) is 4.98 Å². The van der Waals surface area contributed by atoms with Gasteiger partial charge in [-0.3, -0.25) is 4.79 Å². The van der Waals surface area contributed by atoms with Gasteiger partial charge in [-0.1, -0.05) is 0 Å². The number of carbonyl (C=O) groups excluding carboxylic acids is 1. The highest BCUT2D eigenvalue weighted by Gasteiger charge is 2.33. The summed E-state index contributed by atoms with van der Waals surface area (Å²) >= 11 is 8.47. The molecule has 1 aromatic heterocycles. The van der Waals surface area contributed by atoms with E-state index in [1.54, 1.807) is 6.07 Å². The molecule has 0 aliphatic rings. The van der Waals surface area contributed by atoms with Crippen molar-refractivity contribution >= 4 is 33.4 Å². The number of rotatable bonds is 4. The van der Waals surface area contributed by atoms with Crippen LogP contribution in [-0.2, 0) is 0 Å². The Hall–Kier alpha value is -0.820. The van der Waals surface area contributed by atoms with Crippen LogP contribution in [0, 0.1) is 0 Å². The fourth-order valence-corrected chi connectivity index (χ4v) is 1.89. The molecule has 1 rings (SSSR count). The number of amides is 1. The molecule has 8 heteroatoms. The molecule has 0 unspecified atom stereocenters. The zero-order chi connectivity index (χ0) is 13.8. The Morgan fingerprint density at radius 2 is 2.17 bits per heavy atom. The molecule has 0 fully saturated rings. The third-order valence-corrected chi connectivity index (χ3v) is 2.78. The van der Waals surface area contributed by atoms with Crippen LogP contribution in [-0.4, -0.2) is 40.9 Å². The lowest BCUT2D eigenvalue weighted by molar-refractivity contribution is -0.140. The monoisotopic (exact) mass is 344 g/mol. The van der Waals surface area contributed by atoms with Gasteiger partial charge >= 0.3 is 6.18 Å². The molecule has 0 saturated heterocycles. The van der Waals surface area contributed by atoms with Gasteiger partial charge in [-0.05, 0) is 28.1 Å². The van der Waals surface area contributed by atoms with Gasteiger partial charge in [0, 0.05) is 23.1 Å². The first-order valence-corrected chi connectivity index (χ1v) is 6.20. The molecule has 0 bridgehead atoms. The second-order valence-corrected chi connectivity index (χ2v) is 4.60. The topological polar surface area (TPSA) is 33.2 Å². The molecule has 3 nitrogen and oxygen atoms in total. The summed E-state index contributed by atoms with van der Waals surface area (Å²) in [5.41, 5.74) is -0.0631. The van der Waals surface area contributed by atoms with E-state index < -0.39 is 18.6 Å². The predicted octanol–water partition coefficient (Wildman–Crippen LogP) is 3.09. The maximum absolute atomic E-state index is 12.3. The summed E-state index contributed by atoms with van der Waals surface area (Å²) in [6.07, 6.45) is -3.13. The van der Waals surface area contributed by atoms with Crippen LogP contribution in [0.5, 0.6) is 0 Å². The van der Waals surface area contributed by atoms with Crippen LogP contribution in [0.2, 0.25) is 0 Å². The molecule has 1 amide bonds. The van der Waals surface area contributed by atoms with Crippen molar-refractivity contribution in [1.82, 2.24) is 9.88 Å². The van der Waals surface area contributed by atoms with Crippen LogP contribution < -0.4 is 0 Å². The largest absolute Gasteiger partial charge is 0.406 e. The maximum Gasteiger partial charge on any atom is 0.406 e. The van der Waals surface area contributed by atoms with Crippen molar-refractivity contribution in [3.63, 3.8) is 0 Å². The van der Waals surface area contributed by atoms with Crippen LogP contribution in [0.3, 0.4) is 0 Å². The van der Waals surface area contributed by atoms with E-state index in [1.807, 2.05) is 0 Å². The van der Waals surface area contributed by atoms with Crippen molar-refractivity contribution in [3.8, 4) is 0 Å². The summed E-state index contributed by atoms with van der Waals surface area (Å²) in [7, 11) is 0. The summed E-state index contributed by atoms with van der Waals surface area (Å²) in [5, 5.41) is 0. The van der Waals surface area contributed by atoms with Gasteiger partial charge in [0.25, 0.3) is 5.91 Å². The second kappa shape index (κ2) is 6.38. The lowest BCUT2D eigenvalue weighted by atomic mass is 10.3. The molecule has 0 aliphatic heterocycles. The Bertz CT molecular complexity index is 428. The van der Waals surface area contributed by atoms with Crippen molar-refractivity contribution in [2.24, 2.45) is 0 Å². The van der Waals surface area contributed by atoms with Gasteiger partial charge in [0.2, 0.25) is 0 Å². The van der Waals surface area contributed by atoms with Crippen molar-refractivity contribution in [1.29, 1.82) is 0 Å². The molecule has 18 heavy (non-hydrogen) atoms. The molecule has 1 heterocycles. The van der Waals surface area contributed by atoms with Gasteiger partial charge in [0.15, 0.2) is 0 Å². The van der Waals surface area contributed by atoms with Gasteiger partial charge in [-0.2, -0.15) is 13.2 Å². The summed E-state index contributed by atoms with van der Waals surface area (Å²) in [5.74, 6) is -0.882. The average molecular weight is 346 g/mol. The molecule has 0 N–H and O–H groups in total. The summed E-state index contributed by atoms with van der Waals surface area (Å²) in [6, 6.07) is 3.10. The number of halogens is 5. The zero-order valence-corrected chi connectivity index (χ0v) is 11.4. The van der Waals surface area contributed by atoms with Gasteiger partial charge in [-0.15, -0.1) is 11.6 Å². The van der Waals surface area contributed by atoms with E-state index >= 15 is 0 Å². The number of pyridine rings is 1. The van der Waals surface area contributed by atoms with E-state index in [0.29, 0.717) is 9.37 Å². The zero-order valence-electron chi connectivity index (χ0n) is 9.05. The minimum absolute atomic E-state index is 0.0631. The molecular formula is C10H9BrClF3N2O. The minimum atomic E-state index is -4.47. The summed E-state index contributed by atoms with van der Waals surface area (Å²) in [6.45, 7) is -1.54. The lowest BCUT2D eigenvalue weighted by Crippen LogP contribution is -2.40. The fraction of sp³-hybridized carbons (Fsp3) is 0.400. The SMILES string of the molecule is O=C(c1ncccc1Br)N(CCCl)CC(F)(F)F. The molecule has 0 aromatic carbocycles. The fourth-order valence-electron chi connectivity index (χ4n) is 1.26. The van der Waals surface area contributed by atoms with Crippen molar-refractivity contribution in [2.45, 2.75) is 6.18 Å². The molecule has 100 valence electrons. The molecule has 0 radical (unpaired) electrons. The molecule has 0 atom stereocenters. The number of aromatic nitrogens is 1. The average Bonchev–Trinajstić information content (AvgIpc) is 2.26. The first-order valence-electron chi connectivity index (χ1n) is 4.87. The van der Waals surface area contributed by atoms with Crippen molar-refractivity contribution in [2.75, 3.05) is 19.0 Å². The molecule has 0 spiro atoms. The molecular weight excluding hydrogens is 336 g/mol. The van der Waals surface area contributed by atoms with E-state index in [-0.39, 0.29) is 18.1 Å². The highest BCUT2D eigenvalue weighted by Crippen LogP contribution is 2.20. The summed E-state index contributed by atoms with van der Waals surface area (Å²) < 4.78 is 37.4. The quantitative estimate of drug-likeness (QED) is 0.786. The van der Waals surface area contributed by atoms with Crippen molar-refractivity contribution in [3.05, 3.63) is 28.5 Å². The second-order valence-electron chi connectivity index (χ2n) is 3.36. The third kappa shape index (κ3) is 4.45. The maximum atomic E-state index is 12.3. The van der Waals surface area contributed by atoms with Gasteiger partial charge in [0.05, 0.1) is 0 Å². The highest BCUT2D eigenvalue weighted by molar-refractivity contribution is 9.10. The van der Waals surface area contributed by atoms with Crippen LogP contribution >= 0.6 is 27.5 Å². The molecule has 1 aromatic rings. The Labute approximate surface area is 115 Å². The number of carbonyl (C=O) groups is 1. The smallest absolute Gasteiger partial charge is 0.327 e. The number of hydrogen-bond acceptors (Lipinski definition) is 2. The van der Waals surface area contributed by atoms with Crippen LogP contribution in [0.4, 0.5) is 13.2 Å². The standard InChI is InChI=1S/C10H9BrClF3N2O/c11-7-2-1-4-16-8(7)9(18)17(5-3-12)6-10(13,14)15/h1-2,4H,3,5-6H2. The molecule has 0 aliphatic carbocycles. The lowest BCUT2D eigenvalue weighted by Gasteiger charge is -2.22. The molecule has 0 saturated carbocycles. The predicted molar refractivity (Wildman–Crippen MR) is 64.6 cm³/mol. The minimum Gasteiger partial charge on any atom is -0.327 e. The first-order chi connectivity index (χ1) is 8.35. The summed E-state index contributed by atoms with van der Waals surface area (Å²) in [4.78, 5) is 16.3. The number of alkyl halides is 4. The van der Waals surface area contributed by atoms with E-state index in [9.17, 15) is 18.0 Å². The van der Waals surface area contributed by atoms with E-state index in [0.717, 1.165) is 0 Å². The third-order valence-electron chi connectivity index (χ3n) is 1.97. The number of nitrogens with zero attached hydrogens (tertiary/aromatic N) is 2. The Kier molecular flexibility index (Phi) is 5.40. The van der Waals surface area contributed by atoms with E-state index in [4.69, 9.17) is 11.6 Å². The van der Waals surface area contributed by atoms with E-state index in [2.05, 4.69) is 20.9 Å². The Morgan fingerprint density at radius 1 is 1.50 bits per heavy atom. The van der Waals surface area contributed by atoms with Crippen LogP contribution in [0.15, 0.2) is 22.8 Å². The van der Waals surface area contributed by atoms with Crippen LogP contribution in [0.25, 0.3) is 0 Å². The van der Waals surface area contributed by atoms with Gasteiger partial charge < -0.3 is 4.90 Å².